The Kier molecular flexibility index (Phi) is 4.97. The second kappa shape index (κ2) is 7.94. The van der Waals surface area contributed by atoms with Crippen LogP contribution in [0.15, 0.2) is 73.2 Å². The van der Waals surface area contributed by atoms with Crippen LogP contribution in [0.4, 0.5) is 4.39 Å². The number of fused-ring (bicyclic) bond motifs is 1. The summed E-state index contributed by atoms with van der Waals surface area (Å²) in [6.07, 6.45) is 3.54. The van der Waals surface area contributed by atoms with Crippen molar-refractivity contribution >= 4 is 21.6 Å². The van der Waals surface area contributed by atoms with Gasteiger partial charge in [0.05, 0.1) is 42.2 Å². The molecule has 1 N–H and O–H groups in total. The van der Waals surface area contributed by atoms with E-state index in [-0.39, 0.29) is 12.4 Å². The molecule has 2 heterocycles. The van der Waals surface area contributed by atoms with Gasteiger partial charge < -0.3 is 9.84 Å². The van der Waals surface area contributed by atoms with E-state index in [0.717, 1.165) is 43.3 Å². The maximum Gasteiger partial charge on any atom is 0.124 e. The largest absolute Gasteiger partial charge is 0.497 e. The van der Waals surface area contributed by atoms with Crippen molar-refractivity contribution in [2.45, 2.75) is 6.61 Å². The van der Waals surface area contributed by atoms with Gasteiger partial charge in [0.1, 0.15) is 16.6 Å². The van der Waals surface area contributed by atoms with Gasteiger partial charge in [-0.3, -0.25) is 4.57 Å². The Balaban J connectivity index is 1.51. The summed E-state index contributed by atoms with van der Waals surface area (Å²) >= 11 is 1.47. The third-order valence-electron chi connectivity index (χ3n) is 5.06. The van der Waals surface area contributed by atoms with Crippen molar-refractivity contribution in [1.82, 2.24) is 14.5 Å². The number of hydrogen-bond acceptors (Lipinski definition) is 5. The van der Waals surface area contributed by atoms with Crippen molar-refractivity contribution < 1.29 is 14.2 Å². The Morgan fingerprint density at radius 1 is 1.03 bits per heavy atom. The van der Waals surface area contributed by atoms with Gasteiger partial charge >= 0.3 is 0 Å². The number of thiazole rings is 1. The molecule has 5 nitrogen and oxygen atoms in total. The number of nitrogens with zero attached hydrogens (tertiary/aromatic N) is 3. The van der Waals surface area contributed by atoms with Gasteiger partial charge in [0, 0.05) is 16.8 Å². The van der Waals surface area contributed by atoms with Crippen LogP contribution in [0.5, 0.6) is 5.75 Å². The number of aromatic nitrogens is 3. The molecule has 0 saturated carbocycles. The molecule has 0 aliphatic carbocycles. The van der Waals surface area contributed by atoms with E-state index in [2.05, 4.69) is 9.97 Å². The third-order valence-corrected chi connectivity index (χ3v) is 6.13. The van der Waals surface area contributed by atoms with Gasteiger partial charge in [-0.25, -0.2) is 14.4 Å². The molecule has 0 amide bonds. The monoisotopic (exact) mass is 431 g/mol. The van der Waals surface area contributed by atoms with Gasteiger partial charge in [-0.05, 0) is 66.2 Å². The van der Waals surface area contributed by atoms with E-state index >= 15 is 0 Å². The van der Waals surface area contributed by atoms with Gasteiger partial charge in [-0.2, -0.15) is 0 Å². The molecule has 154 valence electrons. The number of aliphatic hydroxyl groups excluding tert-OH is 1. The predicted molar refractivity (Wildman–Crippen MR) is 120 cm³/mol. The van der Waals surface area contributed by atoms with Crippen molar-refractivity contribution in [2.75, 3.05) is 7.11 Å². The second-order valence-electron chi connectivity index (χ2n) is 7.05. The molecular formula is C24H18FN3O2S. The fraction of sp³-hybridized carbons (Fsp3) is 0.0833. The average molecular weight is 431 g/mol. The summed E-state index contributed by atoms with van der Waals surface area (Å²) in [6, 6.07) is 18.3. The number of ether oxygens (including phenoxy) is 1. The lowest BCUT2D eigenvalue weighted by Crippen LogP contribution is -1.97. The number of methoxy groups -OCH3 is 1. The molecule has 0 aliphatic rings. The molecule has 0 saturated heterocycles. The number of hydrogen-bond donors (Lipinski definition) is 1. The maximum absolute atomic E-state index is 13.5. The van der Waals surface area contributed by atoms with E-state index < -0.39 is 0 Å². The molecule has 0 fully saturated rings. The Morgan fingerprint density at radius 2 is 1.87 bits per heavy atom. The summed E-state index contributed by atoms with van der Waals surface area (Å²) < 4.78 is 21.7. The predicted octanol–water partition coefficient (Wildman–Crippen LogP) is 5.46. The van der Waals surface area contributed by atoms with Crippen LogP contribution >= 0.6 is 11.3 Å². The van der Waals surface area contributed by atoms with Crippen molar-refractivity contribution in [3.8, 4) is 33.3 Å². The zero-order chi connectivity index (χ0) is 21.4. The zero-order valence-electron chi connectivity index (χ0n) is 16.6. The van der Waals surface area contributed by atoms with Crippen LogP contribution in [0.2, 0.25) is 0 Å². The van der Waals surface area contributed by atoms with Crippen molar-refractivity contribution in [3.05, 3.63) is 84.6 Å². The summed E-state index contributed by atoms with van der Waals surface area (Å²) in [5.41, 5.74) is 5.26. The number of halogens is 1. The van der Waals surface area contributed by atoms with Crippen LogP contribution in [0.25, 0.3) is 37.7 Å². The lowest BCUT2D eigenvalue weighted by molar-refractivity contribution is 0.281. The Morgan fingerprint density at radius 3 is 2.65 bits per heavy atom. The van der Waals surface area contributed by atoms with Gasteiger partial charge in [-0.1, -0.05) is 0 Å². The van der Waals surface area contributed by atoms with Crippen LogP contribution in [0.3, 0.4) is 0 Å². The van der Waals surface area contributed by atoms with Gasteiger partial charge in [0.15, 0.2) is 0 Å². The summed E-state index contributed by atoms with van der Waals surface area (Å²) in [5, 5.41) is 10.4. The van der Waals surface area contributed by atoms with E-state index in [1.807, 2.05) is 47.0 Å². The molecule has 0 unspecified atom stereocenters. The average Bonchev–Trinajstić information content (AvgIpc) is 3.46. The molecule has 7 heteroatoms. The van der Waals surface area contributed by atoms with E-state index in [9.17, 15) is 9.50 Å². The van der Waals surface area contributed by atoms with Crippen LogP contribution in [-0.2, 0) is 6.61 Å². The van der Waals surface area contributed by atoms with Crippen LogP contribution in [0, 0.1) is 5.82 Å². The molecule has 3 aromatic carbocycles. The Labute approximate surface area is 182 Å². The zero-order valence-corrected chi connectivity index (χ0v) is 17.4. The Bertz CT molecular complexity index is 1350. The molecule has 31 heavy (non-hydrogen) atoms. The first kappa shape index (κ1) is 19.4. The highest BCUT2D eigenvalue weighted by atomic mass is 32.1. The summed E-state index contributed by atoms with van der Waals surface area (Å²) in [4.78, 5) is 8.93. The van der Waals surface area contributed by atoms with E-state index in [1.54, 1.807) is 25.7 Å². The van der Waals surface area contributed by atoms with Crippen molar-refractivity contribution in [1.29, 1.82) is 0 Å². The van der Waals surface area contributed by atoms with E-state index in [0.29, 0.717) is 5.75 Å². The molecule has 0 radical (unpaired) electrons. The number of aliphatic hydroxyl groups is 1. The Hall–Kier alpha value is -3.55. The number of imidazole rings is 1. The fourth-order valence-corrected chi connectivity index (χ4v) is 4.51. The quantitative estimate of drug-likeness (QED) is 0.402. The summed E-state index contributed by atoms with van der Waals surface area (Å²) in [5.74, 6) is 0.421. The summed E-state index contributed by atoms with van der Waals surface area (Å²) in [6.45, 7) is -0.0703. The molecule has 0 spiro atoms. The molecule has 0 bridgehead atoms. The van der Waals surface area contributed by atoms with Crippen molar-refractivity contribution in [3.63, 3.8) is 0 Å². The fourth-order valence-electron chi connectivity index (χ4n) is 3.52. The molecule has 0 atom stereocenters. The van der Waals surface area contributed by atoms with Crippen LogP contribution in [-0.4, -0.2) is 26.8 Å². The molecule has 2 aromatic heterocycles. The first-order valence-electron chi connectivity index (χ1n) is 9.63. The first-order chi connectivity index (χ1) is 15.1. The second-order valence-corrected chi connectivity index (χ2v) is 8.09. The van der Waals surface area contributed by atoms with Gasteiger partial charge in [0.25, 0.3) is 0 Å². The standard InChI is InChI=1S/C24H18FN3O2S/c1-30-20-9-15(13-29)8-17(10-20)22-12-26-14-28(22)19-5-2-16(3-6-19)24-27-21-7-4-18(25)11-23(21)31-24/h2-12,14,29H,13H2,1H3. The highest BCUT2D eigenvalue weighted by Crippen LogP contribution is 2.32. The minimum Gasteiger partial charge on any atom is -0.497 e. The lowest BCUT2D eigenvalue weighted by Gasteiger charge is -2.11. The van der Waals surface area contributed by atoms with E-state index in [4.69, 9.17) is 4.74 Å². The first-order valence-corrected chi connectivity index (χ1v) is 10.4. The topological polar surface area (TPSA) is 60.2 Å². The maximum atomic E-state index is 13.5. The normalized spacial score (nSPS) is 11.2. The highest BCUT2D eigenvalue weighted by molar-refractivity contribution is 7.21. The molecule has 0 aliphatic heterocycles. The molecular weight excluding hydrogens is 413 g/mol. The highest BCUT2D eigenvalue weighted by Gasteiger charge is 2.12. The number of benzene rings is 3. The van der Waals surface area contributed by atoms with Crippen LogP contribution < -0.4 is 4.74 Å². The number of rotatable bonds is 5. The van der Waals surface area contributed by atoms with Crippen molar-refractivity contribution in [2.24, 2.45) is 0 Å². The SMILES string of the molecule is COc1cc(CO)cc(-c2cncn2-c2ccc(-c3nc4ccc(F)cc4s3)cc2)c1. The molecule has 5 rings (SSSR count). The smallest absolute Gasteiger partial charge is 0.124 e. The lowest BCUT2D eigenvalue weighted by atomic mass is 10.1. The van der Waals surface area contributed by atoms with Gasteiger partial charge in [0.2, 0.25) is 0 Å². The minimum atomic E-state index is -0.257. The third kappa shape index (κ3) is 3.69. The van der Waals surface area contributed by atoms with Crippen LogP contribution in [0.1, 0.15) is 5.56 Å². The molecule has 5 aromatic rings. The van der Waals surface area contributed by atoms with E-state index in [1.165, 1.54) is 23.5 Å². The minimum absolute atomic E-state index is 0.0703. The van der Waals surface area contributed by atoms with Gasteiger partial charge in [-0.15, -0.1) is 11.3 Å². The summed E-state index contributed by atoms with van der Waals surface area (Å²) in [7, 11) is 1.60.